The Kier molecular flexibility index (Phi) is 5.81. The molecule has 4 heteroatoms. The Morgan fingerprint density at radius 1 is 1.33 bits per heavy atom. The van der Waals surface area contributed by atoms with Gasteiger partial charge < -0.3 is 15.2 Å². The van der Waals surface area contributed by atoms with Crippen molar-refractivity contribution < 1.29 is 14.6 Å². The molecule has 1 aromatic rings. The summed E-state index contributed by atoms with van der Waals surface area (Å²) in [5.74, 6) is 0.666. The maximum absolute atomic E-state index is 11.9. The zero-order chi connectivity index (χ0) is 15.1. The highest BCUT2D eigenvalue weighted by molar-refractivity contribution is 5.91. The fourth-order valence-corrected chi connectivity index (χ4v) is 2.52. The average Bonchev–Trinajstić information content (AvgIpc) is 2.49. The largest absolute Gasteiger partial charge is 0.494 e. The van der Waals surface area contributed by atoms with E-state index in [1.165, 1.54) is 6.08 Å². The van der Waals surface area contributed by atoms with E-state index in [4.69, 9.17) is 4.74 Å². The average molecular weight is 289 g/mol. The molecule has 2 atom stereocenters. The smallest absolute Gasteiger partial charge is 0.244 e. The summed E-state index contributed by atoms with van der Waals surface area (Å²) in [6.45, 7) is 2.58. The molecular formula is C17H23NO3. The number of carbonyl (C=O) groups excluding carboxylic acids is 1. The minimum atomic E-state index is -0.415. The highest BCUT2D eigenvalue weighted by Gasteiger charge is 2.23. The Hall–Kier alpha value is -1.81. The molecule has 1 aliphatic carbocycles. The summed E-state index contributed by atoms with van der Waals surface area (Å²) in [4.78, 5) is 11.9. The maximum Gasteiger partial charge on any atom is 0.244 e. The fourth-order valence-electron chi connectivity index (χ4n) is 2.52. The Labute approximate surface area is 125 Å². The van der Waals surface area contributed by atoms with Gasteiger partial charge in [0.05, 0.1) is 18.8 Å². The van der Waals surface area contributed by atoms with Gasteiger partial charge in [-0.25, -0.2) is 0 Å². The van der Waals surface area contributed by atoms with Gasteiger partial charge in [-0.2, -0.15) is 0 Å². The van der Waals surface area contributed by atoms with E-state index in [9.17, 15) is 9.90 Å². The van der Waals surface area contributed by atoms with Crippen LogP contribution in [0.5, 0.6) is 5.75 Å². The van der Waals surface area contributed by atoms with Gasteiger partial charge in [0.1, 0.15) is 5.75 Å². The van der Waals surface area contributed by atoms with Crippen molar-refractivity contribution in [3.8, 4) is 5.75 Å². The van der Waals surface area contributed by atoms with Gasteiger partial charge in [0.25, 0.3) is 0 Å². The number of aliphatic hydroxyl groups is 1. The zero-order valence-electron chi connectivity index (χ0n) is 12.4. The van der Waals surface area contributed by atoms with Gasteiger partial charge in [-0.1, -0.05) is 25.0 Å². The molecule has 4 nitrogen and oxygen atoms in total. The van der Waals surface area contributed by atoms with Crippen LogP contribution in [0, 0.1) is 0 Å². The monoisotopic (exact) mass is 289 g/mol. The number of hydrogen-bond donors (Lipinski definition) is 2. The minimum Gasteiger partial charge on any atom is -0.494 e. The van der Waals surface area contributed by atoms with E-state index in [1.807, 2.05) is 31.2 Å². The summed E-state index contributed by atoms with van der Waals surface area (Å²) in [6.07, 6.45) is 6.58. The van der Waals surface area contributed by atoms with Crippen molar-refractivity contribution in [1.29, 1.82) is 0 Å². The van der Waals surface area contributed by atoms with E-state index in [0.29, 0.717) is 6.61 Å². The second-order valence-corrected chi connectivity index (χ2v) is 5.30. The first-order valence-corrected chi connectivity index (χ1v) is 7.58. The van der Waals surface area contributed by atoms with E-state index in [0.717, 1.165) is 37.0 Å². The van der Waals surface area contributed by atoms with E-state index in [-0.39, 0.29) is 11.9 Å². The standard InChI is InChI=1S/C17H23NO3/c1-2-21-14-10-7-13(8-11-14)9-12-17(20)18-15-5-3-4-6-16(15)19/h7-12,15-16,19H,2-6H2,1H3,(H,18,20)/b12-9+/t15-,16-/m0/s1. The predicted molar refractivity (Wildman–Crippen MR) is 83.1 cm³/mol. The molecule has 2 N–H and O–H groups in total. The number of amides is 1. The van der Waals surface area contributed by atoms with Crippen molar-refractivity contribution in [3.05, 3.63) is 35.9 Å². The van der Waals surface area contributed by atoms with Crippen LogP contribution in [0.3, 0.4) is 0 Å². The molecule has 21 heavy (non-hydrogen) atoms. The lowest BCUT2D eigenvalue weighted by Crippen LogP contribution is -2.44. The molecule has 0 aromatic heterocycles. The molecule has 1 fully saturated rings. The van der Waals surface area contributed by atoms with Crippen LogP contribution in [0.15, 0.2) is 30.3 Å². The number of benzene rings is 1. The summed E-state index contributed by atoms with van der Waals surface area (Å²) in [5, 5.41) is 12.7. The molecule has 0 radical (unpaired) electrons. The Morgan fingerprint density at radius 3 is 2.71 bits per heavy atom. The first-order chi connectivity index (χ1) is 10.2. The molecule has 0 spiro atoms. The topological polar surface area (TPSA) is 58.6 Å². The Bertz CT molecular complexity index is 481. The van der Waals surface area contributed by atoms with Gasteiger partial charge in [0, 0.05) is 6.08 Å². The Balaban J connectivity index is 1.86. The van der Waals surface area contributed by atoms with Crippen LogP contribution in [-0.2, 0) is 4.79 Å². The van der Waals surface area contributed by atoms with Crippen molar-refractivity contribution >= 4 is 12.0 Å². The van der Waals surface area contributed by atoms with Gasteiger partial charge in [-0.15, -0.1) is 0 Å². The third-order valence-electron chi connectivity index (χ3n) is 3.68. The van der Waals surface area contributed by atoms with Gasteiger partial charge in [0.15, 0.2) is 0 Å². The highest BCUT2D eigenvalue weighted by Crippen LogP contribution is 2.18. The lowest BCUT2D eigenvalue weighted by atomic mass is 9.92. The van der Waals surface area contributed by atoms with Crippen LogP contribution >= 0.6 is 0 Å². The van der Waals surface area contributed by atoms with E-state index in [2.05, 4.69) is 5.32 Å². The SMILES string of the molecule is CCOc1ccc(/C=C/C(=O)N[C@H]2CCCC[C@@H]2O)cc1. The van der Waals surface area contributed by atoms with Crippen molar-refractivity contribution in [2.45, 2.75) is 44.8 Å². The molecule has 0 saturated heterocycles. The van der Waals surface area contributed by atoms with Gasteiger partial charge in [-0.05, 0) is 43.5 Å². The minimum absolute atomic E-state index is 0.115. The number of ether oxygens (including phenoxy) is 1. The molecule has 1 aliphatic rings. The first kappa shape index (κ1) is 15.6. The summed E-state index contributed by atoms with van der Waals surface area (Å²) in [6, 6.07) is 7.46. The van der Waals surface area contributed by atoms with Crippen LogP contribution in [0.25, 0.3) is 6.08 Å². The van der Waals surface area contributed by atoms with Crippen LogP contribution in [0.1, 0.15) is 38.2 Å². The second kappa shape index (κ2) is 7.84. The summed E-state index contributed by atoms with van der Waals surface area (Å²) < 4.78 is 5.37. The molecule has 0 aliphatic heterocycles. The van der Waals surface area contributed by atoms with Gasteiger partial charge >= 0.3 is 0 Å². The van der Waals surface area contributed by atoms with Crippen molar-refractivity contribution in [1.82, 2.24) is 5.32 Å². The molecule has 0 bridgehead atoms. The third kappa shape index (κ3) is 4.90. The number of hydrogen-bond acceptors (Lipinski definition) is 3. The van der Waals surface area contributed by atoms with Gasteiger partial charge in [-0.3, -0.25) is 4.79 Å². The van der Waals surface area contributed by atoms with Crippen molar-refractivity contribution in [2.75, 3.05) is 6.61 Å². The van der Waals surface area contributed by atoms with Gasteiger partial charge in [0.2, 0.25) is 5.91 Å². The van der Waals surface area contributed by atoms with E-state index >= 15 is 0 Å². The maximum atomic E-state index is 11.9. The Morgan fingerprint density at radius 2 is 2.05 bits per heavy atom. The van der Waals surface area contributed by atoms with Crippen LogP contribution in [-0.4, -0.2) is 29.8 Å². The lowest BCUT2D eigenvalue weighted by molar-refractivity contribution is -0.118. The van der Waals surface area contributed by atoms with E-state index < -0.39 is 6.10 Å². The quantitative estimate of drug-likeness (QED) is 0.819. The van der Waals surface area contributed by atoms with Crippen LogP contribution in [0.4, 0.5) is 0 Å². The molecule has 1 aromatic carbocycles. The normalized spacial score (nSPS) is 22.2. The number of nitrogens with one attached hydrogen (secondary N) is 1. The van der Waals surface area contributed by atoms with E-state index in [1.54, 1.807) is 6.08 Å². The summed E-state index contributed by atoms with van der Waals surface area (Å²) in [5.41, 5.74) is 0.942. The molecule has 0 heterocycles. The molecular weight excluding hydrogens is 266 g/mol. The number of rotatable bonds is 5. The van der Waals surface area contributed by atoms with Crippen LogP contribution < -0.4 is 10.1 Å². The third-order valence-corrected chi connectivity index (χ3v) is 3.68. The zero-order valence-corrected chi connectivity index (χ0v) is 12.4. The second-order valence-electron chi connectivity index (χ2n) is 5.30. The predicted octanol–water partition coefficient (Wildman–Crippen LogP) is 2.52. The number of aliphatic hydroxyl groups excluding tert-OH is 1. The van der Waals surface area contributed by atoms with Crippen LogP contribution in [0.2, 0.25) is 0 Å². The summed E-state index contributed by atoms with van der Waals surface area (Å²) in [7, 11) is 0. The lowest BCUT2D eigenvalue weighted by Gasteiger charge is -2.27. The molecule has 114 valence electrons. The molecule has 1 amide bonds. The summed E-state index contributed by atoms with van der Waals surface area (Å²) >= 11 is 0. The van der Waals surface area contributed by atoms with Crippen molar-refractivity contribution in [3.63, 3.8) is 0 Å². The molecule has 0 unspecified atom stereocenters. The molecule has 2 rings (SSSR count). The number of carbonyl (C=O) groups is 1. The highest BCUT2D eigenvalue weighted by atomic mass is 16.5. The van der Waals surface area contributed by atoms with Crippen molar-refractivity contribution in [2.24, 2.45) is 0 Å². The first-order valence-electron chi connectivity index (χ1n) is 7.58. The molecule has 1 saturated carbocycles. The fraction of sp³-hybridized carbons (Fsp3) is 0.471.